The zero-order valence-corrected chi connectivity index (χ0v) is 16.7. The number of fused-ring (bicyclic) bond motifs is 4. The number of carbonyl (C=O) groups excluding carboxylic acids is 1. The molecule has 0 aliphatic carbocycles. The summed E-state index contributed by atoms with van der Waals surface area (Å²) in [4.78, 5) is 33.9. The smallest absolute Gasteiger partial charge is 0.407 e. The van der Waals surface area contributed by atoms with E-state index in [2.05, 4.69) is 10.2 Å². The van der Waals surface area contributed by atoms with Gasteiger partial charge in [0.1, 0.15) is 12.6 Å². The van der Waals surface area contributed by atoms with Crippen molar-refractivity contribution in [3.05, 3.63) is 53.3 Å². The number of carboxylic acid groups (broad SMARTS) is 1. The molecule has 2 bridgehead atoms. The van der Waals surface area contributed by atoms with E-state index in [0.29, 0.717) is 6.54 Å². The lowest BCUT2D eigenvalue weighted by atomic mass is 9.96. The molecule has 3 heterocycles. The summed E-state index contributed by atoms with van der Waals surface area (Å²) >= 11 is 0. The quantitative estimate of drug-likeness (QED) is 0.804. The Morgan fingerprint density at radius 3 is 2.72 bits per heavy atom. The summed E-state index contributed by atoms with van der Waals surface area (Å²) in [6, 6.07) is 8.66. The van der Waals surface area contributed by atoms with Crippen molar-refractivity contribution in [2.45, 2.75) is 45.0 Å². The molecule has 2 aliphatic heterocycles. The molecule has 2 aliphatic rings. The average molecular weight is 399 g/mol. The largest absolute Gasteiger partial charge is 0.465 e. The number of aromatic nitrogens is 2. The molecule has 1 aromatic heterocycles. The monoisotopic (exact) mass is 399 g/mol. The first-order chi connectivity index (χ1) is 13.8. The highest BCUT2D eigenvalue weighted by atomic mass is 16.7. The molecule has 29 heavy (non-hydrogen) atoms. The van der Waals surface area contributed by atoms with Gasteiger partial charge in [-0.2, -0.15) is 10.2 Å². The van der Waals surface area contributed by atoms with Crippen LogP contribution in [0.15, 0.2) is 36.5 Å². The summed E-state index contributed by atoms with van der Waals surface area (Å²) in [5, 5.41) is 18.2. The predicted molar refractivity (Wildman–Crippen MR) is 104 cm³/mol. The third-order valence-corrected chi connectivity index (χ3v) is 5.46. The second-order valence-corrected chi connectivity index (χ2v) is 8.35. The topological polar surface area (TPSA) is 102 Å². The minimum absolute atomic E-state index is 0.152. The first-order valence-electron chi connectivity index (χ1n) is 9.57. The molecule has 0 spiro atoms. The molecule has 4 rings (SSSR count). The molecule has 2 atom stereocenters. The third-order valence-electron chi connectivity index (χ3n) is 5.46. The highest BCUT2D eigenvalue weighted by molar-refractivity contribution is 5.78. The van der Waals surface area contributed by atoms with Gasteiger partial charge in [0, 0.05) is 11.1 Å². The van der Waals surface area contributed by atoms with Gasteiger partial charge in [0.2, 0.25) is 0 Å². The van der Waals surface area contributed by atoms with Crippen LogP contribution in [0.2, 0.25) is 0 Å². The lowest BCUT2D eigenvalue weighted by Gasteiger charge is -2.39. The number of hydrogen-bond acceptors (Lipinski definition) is 4. The number of nitrogens with zero attached hydrogens (tertiary/aromatic N) is 4. The minimum Gasteiger partial charge on any atom is -0.465 e. The van der Waals surface area contributed by atoms with Crippen molar-refractivity contribution in [1.29, 1.82) is 0 Å². The lowest BCUT2D eigenvalue weighted by molar-refractivity contribution is -0.141. The van der Waals surface area contributed by atoms with Gasteiger partial charge in [-0.15, -0.1) is 0 Å². The number of nitrogens with one attached hydrogen (secondary N) is 1. The van der Waals surface area contributed by atoms with Gasteiger partial charge in [0.05, 0.1) is 31.0 Å². The van der Waals surface area contributed by atoms with E-state index in [4.69, 9.17) is 4.84 Å². The van der Waals surface area contributed by atoms with E-state index in [9.17, 15) is 14.7 Å². The van der Waals surface area contributed by atoms with Crippen LogP contribution in [0.4, 0.5) is 9.59 Å². The van der Waals surface area contributed by atoms with Crippen molar-refractivity contribution in [2.75, 3.05) is 13.1 Å². The van der Waals surface area contributed by atoms with E-state index in [1.165, 1.54) is 9.96 Å². The number of carbonyl (C=O) groups is 2. The van der Waals surface area contributed by atoms with Crippen molar-refractivity contribution in [3.8, 4) is 0 Å². The van der Waals surface area contributed by atoms with Crippen LogP contribution in [-0.2, 0) is 11.4 Å². The summed E-state index contributed by atoms with van der Waals surface area (Å²) in [6.07, 6.45) is 0.675. The number of H-pyrrole nitrogens is 1. The second kappa shape index (κ2) is 7.07. The molecule has 2 aromatic rings. The standard InChI is InChI=1S/C20H25N5O4/c1-20(2,3)24(19(27)28)11-16-17-14(9-21-22-17)15-10-23(16)18(26)25(15)29-12-13-7-5-4-6-8-13/h4-9,15-16H,10-12H2,1-3H3,(H,21,22)(H,27,28)/t15-,16-/m1/s1. The first kappa shape index (κ1) is 19.3. The van der Waals surface area contributed by atoms with Crippen molar-refractivity contribution >= 4 is 12.1 Å². The Morgan fingerprint density at radius 2 is 2.07 bits per heavy atom. The molecular weight excluding hydrogens is 374 g/mol. The van der Waals surface area contributed by atoms with Gasteiger partial charge >= 0.3 is 12.1 Å². The normalized spacial score (nSPS) is 20.7. The number of urea groups is 1. The number of rotatable bonds is 5. The van der Waals surface area contributed by atoms with Gasteiger partial charge in [0.15, 0.2) is 0 Å². The SMILES string of the molecule is CC(C)(C)N(C[C@@H]1c2[nH]ncc2[C@H]2CN1C(=O)N2OCc1ccccc1)C(=O)O. The van der Waals surface area contributed by atoms with E-state index in [-0.39, 0.29) is 25.2 Å². The van der Waals surface area contributed by atoms with Gasteiger partial charge in [0.25, 0.3) is 0 Å². The maximum Gasteiger partial charge on any atom is 0.407 e. The van der Waals surface area contributed by atoms with Crippen LogP contribution >= 0.6 is 0 Å². The third kappa shape index (κ3) is 3.42. The van der Waals surface area contributed by atoms with E-state index in [1.54, 1.807) is 11.1 Å². The fraction of sp³-hybridized carbons (Fsp3) is 0.450. The zero-order valence-electron chi connectivity index (χ0n) is 16.7. The molecule has 1 fully saturated rings. The van der Waals surface area contributed by atoms with Crippen LogP contribution in [0.5, 0.6) is 0 Å². The Balaban J connectivity index is 1.59. The van der Waals surface area contributed by atoms with Crippen molar-refractivity contribution in [3.63, 3.8) is 0 Å². The Hall–Kier alpha value is -3.07. The molecule has 1 aromatic carbocycles. The molecular formula is C20H25N5O4. The van der Waals surface area contributed by atoms with Crippen molar-refractivity contribution < 1.29 is 19.5 Å². The molecule has 1 saturated heterocycles. The van der Waals surface area contributed by atoms with Gasteiger partial charge in [-0.25, -0.2) is 9.59 Å². The number of benzene rings is 1. The van der Waals surface area contributed by atoms with E-state index < -0.39 is 17.7 Å². The Morgan fingerprint density at radius 1 is 1.34 bits per heavy atom. The Kier molecular flexibility index (Phi) is 4.70. The van der Waals surface area contributed by atoms with Crippen molar-refractivity contribution in [2.24, 2.45) is 0 Å². The maximum atomic E-state index is 13.1. The van der Waals surface area contributed by atoms with Crippen molar-refractivity contribution in [1.82, 2.24) is 25.1 Å². The molecule has 154 valence electrons. The van der Waals surface area contributed by atoms with Crippen LogP contribution in [0, 0.1) is 0 Å². The summed E-state index contributed by atoms with van der Waals surface area (Å²) < 4.78 is 0. The van der Waals surface area contributed by atoms with Crippen LogP contribution in [0.25, 0.3) is 0 Å². The number of hydroxylamine groups is 2. The summed E-state index contributed by atoms with van der Waals surface area (Å²) in [5.41, 5.74) is 1.99. The lowest BCUT2D eigenvalue weighted by Crippen LogP contribution is -2.50. The molecule has 0 radical (unpaired) electrons. The highest BCUT2D eigenvalue weighted by Crippen LogP contribution is 2.43. The zero-order chi connectivity index (χ0) is 20.8. The van der Waals surface area contributed by atoms with Gasteiger partial charge in [-0.3, -0.25) is 9.94 Å². The summed E-state index contributed by atoms with van der Waals surface area (Å²) in [5.74, 6) is 0. The van der Waals surface area contributed by atoms with Gasteiger partial charge < -0.3 is 14.9 Å². The van der Waals surface area contributed by atoms with E-state index >= 15 is 0 Å². The molecule has 2 N–H and O–H groups in total. The molecule has 9 heteroatoms. The molecule has 9 nitrogen and oxygen atoms in total. The molecule has 3 amide bonds. The van der Waals surface area contributed by atoms with E-state index in [1.807, 2.05) is 51.1 Å². The number of aromatic amines is 1. The summed E-state index contributed by atoms with van der Waals surface area (Å²) in [6.45, 7) is 6.37. The minimum atomic E-state index is -1.02. The van der Waals surface area contributed by atoms with Crippen LogP contribution in [0.3, 0.4) is 0 Å². The number of amides is 3. The highest BCUT2D eigenvalue weighted by Gasteiger charge is 2.50. The van der Waals surface area contributed by atoms with Crippen LogP contribution in [-0.4, -0.2) is 60.9 Å². The molecule has 0 unspecified atom stereocenters. The Bertz CT molecular complexity index is 907. The molecule has 0 saturated carbocycles. The van der Waals surface area contributed by atoms with Crippen LogP contribution < -0.4 is 0 Å². The fourth-order valence-electron chi connectivity index (χ4n) is 3.94. The fourth-order valence-corrected chi connectivity index (χ4v) is 3.94. The first-order valence-corrected chi connectivity index (χ1v) is 9.57. The van der Waals surface area contributed by atoms with Crippen LogP contribution in [0.1, 0.15) is 49.7 Å². The predicted octanol–water partition coefficient (Wildman–Crippen LogP) is 3.15. The van der Waals surface area contributed by atoms with E-state index in [0.717, 1.165) is 16.8 Å². The summed E-state index contributed by atoms with van der Waals surface area (Å²) in [7, 11) is 0. The van der Waals surface area contributed by atoms with Gasteiger partial charge in [-0.05, 0) is 26.3 Å². The second-order valence-electron chi connectivity index (χ2n) is 8.35. The number of hydrogen-bond donors (Lipinski definition) is 2. The van der Waals surface area contributed by atoms with Gasteiger partial charge in [-0.1, -0.05) is 30.3 Å². The Labute approximate surface area is 168 Å². The maximum absolute atomic E-state index is 13.1. The average Bonchev–Trinajstić information content (AvgIpc) is 3.25.